The first kappa shape index (κ1) is 15.8. The maximum absolute atomic E-state index is 11.6. The van der Waals surface area contributed by atoms with Crippen LogP contribution in [0.3, 0.4) is 0 Å². The minimum atomic E-state index is -0.482. The van der Waals surface area contributed by atoms with Gasteiger partial charge in [0.1, 0.15) is 11.9 Å². The van der Waals surface area contributed by atoms with Crippen molar-refractivity contribution in [2.45, 2.75) is 13.0 Å². The number of rotatable bonds is 5. The normalized spacial score (nSPS) is 12.2. The second kappa shape index (κ2) is 6.28. The molecule has 3 heterocycles. The highest BCUT2D eigenvalue weighted by Gasteiger charge is 2.27. The Bertz CT molecular complexity index is 1070. The zero-order chi connectivity index (χ0) is 18.1. The standard InChI is InChI=1S/C17H15N7O2/c1-11-18-15(22-21-11)14(12-7-3-2-4-8-12)20-16-17(24(25)26)23-10-6-5-9-13(23)19-16/h2-10,14,20H,1H3,(H,18,21,22). The van der Waals surface area contributed by atoms with E-state index in [2.05, 4.69) is 25.5 Å². The lowest BCUT2D eigenvalue weighted by molar-refractivity contribution is -0.389. The molecule has 0 amide bonds. The third-order valence-corrected chi connectivity index (χ3v) is 3.96. The summed E-state index contributed by atoms with van der Waals surface area (Å²) in [4.78, 5) is 19.9. The Hall–Kier alpha value is -3.75. The first-order valence-electron chi connectivity index (χ1n) is 7.95. The molecular weight excluding hydrogens is 334 g/mol. The van der Waals surface area contributed by atoms with Gasteiger partial charge in [0, 0.05) is 6.07 Å². The molecule has 9 heteroatoms. The summed E-state index contributed by atoms with van der Waals surface area (Å²) in [7, 11) is 0. The molecule has 0 radical (unpaired) electrons. The Morgan fingerprint density at radius 2 is 1.92 bits per heavy atom. The number of nitro groups is 1. The molecule has 26 heavy (non-hydrogen) atoms. The van der Waals surface area contributed by atoms with Gasteiger partial charge in [-0.2, -0.15) is 14.5 Å². The number of H-pyrrole nitrogens is 1. The van der Waals surface area contributed by atoms with Gasteiger partial charge in [0.25, 0.3) is 0 Å². The van der Waals surface area contributed by atoms with Crippen LogP contribution in [0.2, 0.25) is 0 Å². The summed E-state index contributed by atoms with van der Waals surface area (Å²) in [6.45, 7) is 1.80. The molecule has 3 aromatic heterocycles. The second-order valence-electron chi connectivity index (χ2n) is 5.74. The van der Waals surface area contributed by atoms with Crippen LogP contribution in [0.1, 0.15) is 23.3 Å². The Morgan fingerprint density at radius 3 is 2.62 bits per heavy atom. The van der Waals surface area contributed by atoms with Gasteiger partial charge in [0.05, 0.1) is 6.20 Å². The summed E-state index contributed by atoms with van der Waals surface area (Å²) >= 11 is 0. The Morgan fingerprint density at radius 1 is 1.15 bits per heavy atom. The number of hydrogen-bond acceptors (Lipinski definition) is 6. The van der Waals surface area contributed by atoms with E-state index in [1.807, 2.05) is 30.3 Å². The molecule has 0 aliphatic heterocycles. The van der Waals surface area contributed by atoms with Gasteiger partial charge in [-0.05, 0) is 23.5 Å². The number of benzene rings is 1. The number of imidazole rings is 1. The number of anilines is 1. The van der Waals surface area contributed by atoms with Crippen LogP contribution in [0.15, 0.2) is 54.7 Å². The van der Waals surface area contributed by atoms with E-state index < -0.39 is 11.0 Å². The molecule has 0 aliphatic rings. The van der Waals surface area contributed by atoms with E-state index in [4.69, 9.17) is 0 Å². The third-order valence-electron chi connectivity index (χ3n) is 3.96. The maximum Gasteiger partial charge on any atom is 0.372 e. The lowest BCUT2D eigenvalue weighted by atomic mass is 10.1. The quantitative estimate of drug-likeness (QED) is 0.423. The van der Waals surface area contributed by atoms with Gasteiger partial charge in [-0.3, -0.25) is 5.10 Å². The van der Waals surface area contributed by atoms with Crippen LogP contribution < -0.4 is 5.32 Å². The lowest BCUT2D eigenvalue weighted by Crippen LogP contribution is -2.15. The van der Waals surface area contributed by atoms with E-state index in [0.29, 0.717) is 17.3 Å². The summed E-state index contributed by atoms with van der Waals surface area (Å²) in [6, 6.07) is 14.2. The smallest absolute Gasteiger partial charge is 0.358 e. The largest absolute Gasteiger partial charge is 0.372 e. The molecule has 2 N–H and O–H groups in total. The number of pyridine rings is 1. The fourth-order valence-corrected chi connectivity index (χ4v) is 2.82. The monoisotopic (exact) mass is 349 g/mol. The van der Waals surface area contributed by atoms with Crippen molar-refractivity contribution in [1.29, 1.82) is 0 Å². The van der Waals surface area contributed by atoms with E-state index in [0.717, 1.165) is 5.56 Å². The average molecular weight is 349 g/mol. The molecule has 1 aromatic carbocycles. The van der Waals surface area contributed by atoms with Crippen LogP contribution in [0.25, 0.3) is 5.65 Å². The van der Waals surface area contributed by atoms with Crippen molar-refractivity contribution in [1.82, 2.24) is 24.6 Å². The number of aromatic amines is 1. The molecule has 1 unspecified atom stereocenters. The Balaban J connectivity index is 1.83. The summed E-state index contributed by atoms with van der Waals surface area (Å²) < 4.78 is 1.44. The zero-order valence-corrected chi connectivity index (χ0v) is 13.8. The zero-order valence-electron chi connectivity index (χ0n) is 13.8. The fourth-order valence-electron chi connectivity index (χ4n) is 2.82. The van der Waals surface area contributed by atoms with Crippen LogP contribution in [0.4, 0.5) is 11.6 Å². The van der Waals surface area contributed by atoms with Crippen LogP contribution >= 0.6 is 0 Å². The van der Waals surface area contributed by atoms with Crippen molar-refractivity contribution in [3.63, 3.8) is 0 Å². The molecule has 0 saturated heterocycles. The summed E-state index contributed by atoms with van der Waals surface area (Å²) in [5.74, 6) is 1.18. The highest BCUT2D eigenvalue weighted by Crippen LogP contribution is 2.30. The molecule has 0 spiro atoms. The number of nitrogens with one attached hydrogen (secondary N) is 2. The minimum absolute atomic E-state index is 0.131. The number of aromatic nitrogens is 5. The van der Waals surface area contributed by atoms with Gasteiger partial charge >= 0.3 is 5.82 Å². The average Bonchev–Trinajstić information content (AvgIpc) is 3.23. The van der Waals surface area contributed by atoms with Gasteiger partial charge < -0.3 is 15.4 Å². The predicted molar refractivity (Wildman–Crippen MR) is 94.9 cm³/mol. The molecule has 0 saturated carbocycles. The predicted octanol–water partition coefficient (Wildman–Crippen LogP) is 2.87. The minimum Gasteiger partial charge on any atom is -0.358 e. The maximum atomic E-state index is 11.6. The summed E-state index contributed by atoms with van der Waals surface area (Å²) in [6.07, 6.45) is 1.61. The van der Waals surface area contributed by atoms with E-state index in [1.165, 1.54) is 4.40 Å². The van der Waals surface area contributed by atoms with Gasteiger partial charge in [-0.25, -0.2) is 4.98 Å². The fraction of sp³-hybridized carbons (Fsp3) is 0.118. The SMILES string of the molecule is Cc1nc(C(Nc2nc3ccccn3c2[N+](=O)[O-])c2ccccc2)n[nH]1. The van der Waals surface area contributed by atoms with Gasteiger partial charge in [0.2, 0.25) is 11.5 Å². The molecule has 4 aromatic rings. The summed E-state index contributed by atoms with van der Waals surface area (Å²) in [5, 5.41) is 21.8. The van der Waals surface area contributed by atoms with Crippen molar-refractivity contribution in [2.24, 2.45) is 0 Å². The van der Waals surface area contributed by atoms with Crippen molar-refractivity contribution < 1.29 is 4.92 Å². The summed E-state index contributed by atoms with van der Waals surface area (Å²) in [5.41, 5.74) is 1.36. The Kier molecular flexibility index (Phi) is 3.81. The second-order valence-corrected chi connectivity index (χ2v) is 5.74. The van der Waals surface area contributed by atoms with Gasteiger partial charge in [0.15, 0.2) is 5.82 Å². The van der Waals surface area contributed by atoms with Crippen molar-refractivity contribution in [2.75, 3.05) is 5.32 Å². The van der Waals surface area contributed by atoms with Crippen molar-refractivity contribution >= 4 is 17.3 Å². The Labute approximate surface area is 147 Å². The molecule has 0 fully saturated rings. The van der Waals surface area contributed by atoms with Crippen LogP contribution in [0.5, 0.6) is 0 Å². The highest BCUT2D eigenvalue weighted by molar-refractivity contribution is 5.63. The van der Waals surface area contributed by atoms with Crippen LogP contribution in [-0.4, -0.2) is 29.5 Å². The van der Waals surface area contributed by atoms with Crippen molar-refractivity contribution in [3.8, 4) is 0 Å². The molecule has 0 bridgehead atoms. The van der Waals surface area contributed by atoms with E-state index in [9.17, 15) is 10.1 Å². The molecular formula is C17H15N7O2. The number of fused-ring (bicyclic) bond motifs is 1. The van der Waals surface area contributed by atoms with Gasteiger partial charge in [-0.15, -0.1) is 0 Å². The molecule has 0 aliphatic carbocycles. The molecule has 1 atom stereocenters. The number of hydrogen-bond donors (Lipinski definition) is 2. The first-order chi connectivity index (χ1) is 12.6. The number of aryl methyl sites for hydroxylation is 1. The molecule has 9 nitrogen and oxygen atoms in total. The van der Waals surface area contributed by atoms with Crippen molar-refractivity contribution in [3.05, 3.63) is 82.1 Å². The third kappa shape index (κ3) is 2.75. The van der Waals surface area contributed by atoms with E-state index in [1.54, 1.807) is 31.3 Å². The molecule has 130 valence electrons. The van der Waals surface area contributed by atoms with E-state index in [-0.39, 0.29) is 11.6 Å². The lowest BCUT2D eigenvalue weighted by Gasteiger charge is -2.15. The molecule has 4 rings (SSSR count). The highest BCUT2D eigenvalue weighted by atomic mass is 16.6. The van der Waals surface area contributed by atoms with Gasteiger partial charge in [-0.1, -0.05) is 36.4 Å². The number of nitrogens with zero attached hydrogens (tertiary/aromatic N) is 5. The van der Waals surface area contributed by atoms with E-state index >= 15 is 0 Å². The first-order valence-corrected chi connectivity index (χ1v) is 7.95. The topological polar surface area (TPSA) is 114 Å². The van der Waals surface area contributed by atoms with Crippen LogP contribution in [-0.2, 0) is 0 Å². The van der Waals surface area contributed by atoms with Crippen LogP contribution in [0, 0.1) is 17.0 Å².